The number of rotatable bonds is 8. The first-order valence-electron chi connectivity index (χ1n) is 9.69. The van der Waals surface area contributed by atoms with E-state index in [9.17, 15) is 27.6 Å². The lowest BCUT2D eigenvalue weighted by Crippen LogP contribution is -2.35. The van der Waals surface area contributed by atoms with Gasteiger partial charge in [-0.2, -0.15) is 0 Å². The molecule has 0 radical (unpaired) electrons. The number of nitrogens with zero attached hydrogens (tertiary/aromatic N) is 1. The summed E-state index contributed by atoms with van der Waals surface area (Å²) in [4.78, 5) is 38.3. The number of methoxy groups -OCH3 is 1. The zero-order valence-corrected chi connectivity index (χ0v) is 17.7. The summed E-state index contributed by atoms with van der Waals surface area (Å²) >= 11 is 0. The summed E-state index contributed by atoms with van der Waals surface area (Å²) in [6.07, 6.45) is -4.88. The van der Waals surface area contributed by atoms with E-state index in [0.717, 1.165) is 17.0 Å². The molecule has 0 aliphatic carbocycles. The van der Waals surface area contributed by atoms with Gasteiger partial charge in [0.25, 0.3) is 11.8 Å². The van der Waals surface area contributed by atoms with E-state index >= 15 is 0 Å². The fourth-order valence-corrected chi connectivity index (χ4v) is 3.18. The van der Waals surface area contributed by atoms with Gasteiger partial charge in [0, 0.05) is 31.5 Å². The summed E-state index contributed by atoms with van der Waals surface area (Å²) in [6.45, 7) is 1.44. The summed E-state index contributed by atoms with van der Waals surface area (Å²) in [5, 5.41) is 5.36. The molecule has 8 nitrogen and oxygen atoms in total. The molecule has 2 N–H and O–H groups in total. The number of ether oxygens (including phenoxy) is 2. The van der Waals surface area contributed by atoms with Crippen LogP contribution >= 0.6 is 0 Å². The Kier molecular flexibility index (Phi) is 7.02. The number of alkyl halides is 3. The van der Waals surface area contributed by atoms with Crippen LogP contribution in [0, 0.1) is 0 Å². The third-order valence-corrected chi connectivity index (χ3v) is 4.52. The van der Waals surface area contributed by atoms with Crippen molar-refractivity contribution in [1.29, 1.82) is 0 Å². The number of carbonyl (C=O) groups is 3. The summed E-state index contributed by atoms with van der Waals surface area (Å²) in [5.41, 5.74) is 0.924. The lowest BCUT2D eigenvalue weighted by Gasteiger charge is -2.15. The highest BCUT2D eigenvalue weighted by molar-refractivity contribution is 6.36. The van der Waals surface area contributed by atoms with Crippen molar-refractivity contribution in [3.8, 4) is 5.75 Å². The van der Waals surface area contributed by atoms with Gasteiger partial charge in [-0.05, 0) is 29.8 Å². The Morgan fingerprint density at radius 1 is 1.03 bits per heavy atom. The number of imide groups is 1. The molecule has 11 heteroatoms. The maximum Gasteiger partial charge on any atom is 0.573 e. The molecule has 0 unspecified atom stereocenters. The van der Waals surface area contributed by atoms with E-state index in [0.29, 0.717) is 11.3 Å². The number of benzene rings is 2. The molecule has 0 saturated heterocycles. The van der Waals surface area contributed by atoms with Crippen molar-refractivity contribution in [3.05, 3.63) is 59.8 Å². The molecule has 0 fully saturated rings. The monoisotopic (exact) mass is 463 g/mol. The second-order valence-electron chi connectivity index (χ2n) is 6.96. The molecule has 174 valence electrons. The molecular weight excluding hydrogens is 443 g/mol. The molecule has 0 atom stereocenters. The van der Waals surface area contributed by atoms with E-state index in [1.54, 1.807) is 24.3 Å². The summed E-state index contributed by atoms with van der Waals surface area (Å²) in [6, 6.07) is 11.2. The number of carbonyl (C=O) groups excluding carboxylic acids is 3. The average molecular weight is 463 g/mol. The molecule has 1 aliphatic heterocycles. The van der Waals surface area contributed by atoms with E-state index in [-0.39, 0.29) is 36.0 Å². The highest BCUT2D eigenvalue weighted by Crippen LogP contribution is 2.32. The van der Waals surface area contributed by atoms with Gasteiger partial charge in [-0.3, -0.25) is 19.3 Å². The minimum atomic E-state index is -4.88. The molecule has 1 heterocycles. The quantitative estimate of drug-likeness (QED) is 0.583. The summed E-state index contributed by atoms with van der Waals surface area (Å²) < 4.78 is 46.6. The van der Waals surface area contributed by atoms with Crippen LogP contribution in [0.15, 0.2) is 54.2 Å². The van der Waals surface area contributed by atoms with Crippen molar-refractivity contribution in [2.75, 3.05) is 30.9 Å². The molecule has 1 aliphatic rings. The predicted octanol–water partition coefficient (Wildman–Crippen LogP) is 3.38. The van der Waals surface area contributed by atoms with Crippen molar-refractivity contribution >= 4 is 34.7 Å². The van der Waals surface area contributed by atoms with E-state index in [1.807, 2.05) is 0 Å². The van der Waals surface area contributed by atoms with Crippen molar-refractivity contribution in [2.45, 2.75) is 13.3 Å². The Morgan fingerprint density at radius 3 is 2.33 bits per heavy atom. The molecule has 0 spiro atoms. The first-order chi connectivity index (χ1) is 15.6. The third-order valence-electron chi connectivity index (χ3n) is 4.52. The van der Waals surface area contributed by atoms with Gasteiger partial charge in [0.2, 0.25) is 5.91 Å². The number of hydrogen-bond acceptors (Lipinski definition) is 6. The average Bonchev–Trinajstić information content (AvgIpc) is 2.95. The van der Waals surface area contributed by atoms with E-state index in [1.165, 1.54) is 26.2 Å². The molecule has 33 heavy (non-hydrogen) atoms. The first-order valence-corrected chi connectivity index (χ1v) is 9.69. The highest BCUT2D eigenvalue weighted by Gasteiger charge is 2.39. The van der Waals surface area contributed by atoms with Crippen LogP contribution in [-0.4, -0.2) is 49.2 Å². The molecule has 3 rings (SSSR count). The normalized spacial score (nSPS) is 14.0. The fourth-order valence-electron chi connectivity index (χ4n) is 3.18. The lowest BCUT2D eigenvalue weighted by atomic mass is 10.0. The van der Waals surface area contributed by atoms with Crippen LogP contribution in [0.3, 0.4) is 0 Å². The van der Waals surface area contributed by atoms with Crippen LogP contribution < -0.4 is 15.4 Å². The predicted molar refractivity (Wildman–Crippen MR) is 113 cm³/mol. The summed E-state index contributed by atoms with van der Waals surface area (Å²) in [5.74, 6) is -2.00. The Bertz CT molecular complexity index is 1100. The fraction of sp³-hybridized carbons (Fsp3) is 0.227. The number of anilines is 2. The van der Waals surface area contributed by atoms with Crippen molar-refractivity contribution in [3.63, 3.8) is 0 Å². The molecule has 2 aromatic rings. The van der Waals surface area contributed by atoms with Crippen LogP contribution in [0.5, 0.6) is 5.75 Å². The minimum absolute atomic E-state index is 0.00987. The van der Waals surface area contributed by atoms with Crippen LogP contribution in [0.2, 0.25) is 0 Å². The largest absolute Gasteiger partial charge is 0.573 e. The molecule has 2 aromatic carbocycles. The second-order valence-corrected chi connectivity index (χ2v) is 6.96. The van der Waals surface area contributed by atoms with Gasteiger partial charge >= 0.3 is 6.36 Å². The number of amides is 3. The number of hydrogen-bond donors (Lipinski definition) is 2. The zero-order valence-electron chi connectivity index (χ0n) is 17.7. The Balaban J connectivity index is 1.98. The van der Waals surface area contributed by atoms with Gasteiger partial charge in [-0.15, -0.1) is 13.2 Å². The van der Waals surface area contributed by atoms with Crippen molar-refractivity contribution < 1.29 is 37.0 Å². The van der Waals surface area contributed by atoms with Gasteiger partial charge in [-0.25, -0.2) is 0 Å². The van der Waals surface area contributed by atoms with Crippen LogP contribution in [0.4, 0.5) is 24.5 Å². The molecule has 0 aromatic heterocycles. The smallest absolute Gasteiger partial charge is 0.406 e. The maximum absolute atomic E-state index is 13.0. The Hall–Kier alpha value is -3.86. The second kappa shape index (κ2) is 9.74. The van der Waals surface area contributed by atoms with Crippen LogP contribution in [0.25, 0.3) is 5.57 Å². The van der Waals surface area contributed by atoms with Gasteiger partial charge < -0.3 is 20.1 Å². The third kappa shape index (κ3) is 5.89. The Labute approximate surface area is 187 Å². The number of halogens is 3. The molecular formula is C22H20F3N3O5. The van der Waals surface area contributed by atoms with Crippen molar-refractivity contribution in [2.24, 2.45) is 0 Å². The van der Waals surface area contributed by atoms with Crippen molar-refractivity contribution in [1.82, 2.24) is 4.90 Å². The topological polar surface area (TPSA) is 97.0 Å². The molecule has 0 bridgehead atoms. The molecule has 3 amide bonds. The van der Waals surface area contributed by atoms with E-state index < -0.39 is 23.9 Å². The van der Waals surface area contributed by atoms with Gasteiger partial charge in [0.1, 0.15) is 11.4 Å². The van der Waals surface area contributed by atoms with E-state index in [2.05, 4.69) is 15.4 Å². The van der Waals surface area contributed by atoms with Gasteiger partial charge in [-0.1, -0.05) is 18.2 Å². The number of nitrogens with one attached hydrogen (secondary N) is 2. The van der Waals surface area contributed by atoms with E-state index in [4.69, 9.17) is 4.74 Å². The molecule has 0 saturated carbocycles. The standard InChI is InChI=1S/C22H20F3N3O5/c1-13(29)26-15-8-6-14(7-9-15)18-19(21(31)28(20(18)30)10-11-32-2)27-16-4-3-5-17(12-16)33-22(23,24)25/h3-9,12,27H,10-11H2,1-2H3,(H,26,29). The summed E-state index contributed by atoms with van der Waals surface area (Å²) in [7, 11) is 1.42. The van der Waals surface area contributed by atoms with Gasteiger partial charge in [0.05, 0.1) is 18.7 Å². The maximum atomic E-state index is 13.0. The van der Waals surface area contributed by atoms with Crippen LogP contribution in [-0.2, 0) is 19.1 Å². The van der Waals surface area contributed by atoms with Gasteiger partial charge in [0.15, 0.2) is 0 Å². The first kappa shape index (κ1) is 23.8. The SMILES string of the molecule is COCCN1C(=O)C(Nc2cccc(OC(F)(F)F)c2)=C(c2ccc(NC(C)=O)cc2)C1=O. The highest BCUT2D eigenvalue weighted by atomic mass is 19.4. The Morgan fingerprint density at radius 2 is 1.73 bits per heavy atom. The minimum Gasteiger partial charge on any atom is -0.406 e. The zero-order chi connectivity index (χ0) is 24.2. The van der Waals surface area contributed by atoms with Crippen LogP contribution in [0.1, 0.15) is 12.5 Å². The lowest BCUT2D eigenvalue weighted by molar-refractivity contribution is -0.274.